The highest BCUT2D eigenvalue weighted by atomic mass is 16.7. The van der Waals surface area contributed by atoms with Gasteiger partial charge in [-0.2, -0.15) is 0 Å². The highest BCUT2D eigenvalue weighted by Crippen LogP contribution is 2.50. The molecule has 0 radical (unpaired) electrons. The molecule has 2 aromatic carbocycles. The van der Waals surface area contributed by atoms with Crippen molar-refractivity contribution in [3.8, 4) is 0 Å². The number of aromatic nitrogens is 2. The SMILES string of the molecule is Cc1cn([C@@H]2O[C@@]3(COCc4ccccc4)[C@@H](CO)OC2[C@@H]3OCc2ccccc2)c(=O)[nH]c1=O. The minimum Gasteiger partial charge on any atom is -0.394 e. The van der Waals surface area contributed by atoms with Crippen molar-refractivity contribution in [1.82, 2.24) is 9.55 Å². The van der Waals surface area contributed by atoms with E-state index in [9.17, 15) is 14.7 Å². The first-order valence-corrected chi connectivity index (χ1v) is 11.6. The van der Waals surface area contributed by atoms with Crippen molar-refractivity contribution in [3.05, 3.63) is 104 Å². The lowest BCUT2D eigenvalue weighted by Gasteiger charge is -2.37. The predicted molar refractivity (Wildman–Crippen MR) is 126 cm³/mol. The molecule has 0 spiro atoms. The van der Waals surface area contributed by atoms with E-state index in [0.717, 1.165) is 11.1 Å². The van der Waals surface area contributed by atoms with E-state index in [1.54, 1.807) is 6.92 Å². The number of aliphatic hydroxyl groups excluding tert-OH is 1. The zero-order valence-electron chi connectivity index (χ0n) is 19.3. The first-order chi connectivity index (χ1) is 17.0. The van der Waals surface area contributed by atoms with E-state index in [4.69, 9.17) is 18.9 Å². The smallest absolute Gasteiger partial charge is 0.330 e. The highest BCUT2D eigenvalue weighted by Gasteiger charge is 2.68. The van der Waals surface area contributed by atoms with Crippen LogP contribution < -0.4 is 11.2 Å². The van der Waals surface area contributed by atoms with Gasteiger partial charge in [-0.05, 0) is 18.1 Å². The summed E-state index contributed by atoms with van der Waals surface area (Å²) in [4.78, 5) is 26.9. The lowest BCUT2D eigenvalue weighted by Crippen LogP contribution is -2.53. The molecule has 3 aromatic rings. The monoisotopic (exact) mass is 480 g/mol. The maximum absolute atomic E-state index is 12.6. The summed E-state index contributed by atoms with van der Waals surface area (Å²) in [5, 5.41) is 10.1. The van der Waals surface area contributed by atoms with Gasteiger partial charge in [0.05, 0.1) is 26.4 Å². The Balaban J connectivity index is 1.45. The molecule has 0 aliphatic carbocycles. The summed E-state index contributed by atoms with van der Waals surface area (Å²) >= 11 is 0. The van der Waals surface area contributed by atoms with Gasteiger partial charge < -0.3 is 24.1 Å². The molecule has 2 fully saturated rings. The zero-order valence-corrected chi connectivity index (χ0v) is 19.3. The van der Waals surface area contributed by atoms with E-state index >= 15 is 0 Å². The second-order valence-corrected chi connectivity index (χ2v) is 8.91. The van der Waals surface area contributed by atoms with E-state index < -0.39 is 41.4 Å². The normalized spacial score (nSPS) is 27.4. The van der Waals surface area contributed by atoms with Gasteiger partial charge in [-0.25, -0.2) is 4.79 Å². The van der Waals surface area contributed by atoms with Crippen LogP contribution in [0.25, 0.3) is 0 Å². The Morgan fingerprint density at radius 2 is 1.69 bits per heavy atom. The van der Waals surface area contributed by atoms with E-state index in [2.05, 4.69) is 4.98 Å². The van der Waals surface area contributed by atoms with Crippen molar-refractivity contribution in [2.45, 2.75) is 50.3 Å². The largest absolute Gasteiger partial charge is 0.394 e. The summed E-state index contributed by atoms with van der Waals surface area (Å²) in [6.07, 6.45) is -1.43. The fourth-order valence-corrected chi connectivity index (χ4v) is 4.78. The number of H-pyrrole nitrogens is 1. The van der Waals surface area contributed by atoms with Crippen LogP contribution in [0.3, 0.4) is 0 Å². The topological polar surface area (TPSA) is 112 Å². The fraction of sp³-hybridized carbons (Fsp3) is 0.385. The lowest BCUT2D eigenvalue weighted by molar-refractivity contribution is -0.237. The number of aryl methyl sites for hydroxylation is 1. The third-order valence-corrected chi connectivity index (χ3v) is 6.57. The summed E-state index contributed by atoms with van der Waals surface area (Å²) in [6.45, 7) is 2.02. The molecule has 3 heterocycles. The van der Waals surface area contributed by atoms with Crippen LogP contribution in [0.15, 0.2) is 76.4 Å². The van der Waals surface area contributed by atoms with Gasteiger partial charge in [-0.1, -0.05) is 60.7 Å². The minimum absolute atomic E-state index is 0.0800. The lowest BCUT2D eigenvalue weighted by atomic mass is 9.93. The average Bonchev–Trinajstić information content (AvgIpc) is 3.34. The maximum Gasteiger partial charge on any atom is 0.330 e. The molecular weight excluding hydrogens is 452 g/mol. The van der Waals surface area contributed by atoms with Crippen LogP contribution in [0.1, 0.15) is 22.9 Å². The molecule has 35 heavy (non-hydrogen) atoms. The standard InChI is InChI=1S/C26H28N2O7/c1-17-12-28(25(31)27-23(17)30)24-21-22(33-15-19-10-6-3-7-11-19)26(35-24,20(13-29)34-21)16-32-14-18-8-4-2-5-9-18/h2-12,20-22,24,29H,13-16H2,1H3,(H,27,30,31)/t20-,21?,22+,24-,26+/m1/s1. The van der Waals surface area contributed by atoms with Crippen LogP contribution in [0.5, 0.6) is 0 Å². The Morgan fingerprint density at radius 1 is 1.03 bits per heavy atom. The van der Waals surface area contributed by atoms with Gasteiger partial charge in [-0.3, -0.25) is 14.3 Å². The third kappa shape index (κ3) is 4.49. The number of nitrogens with one attached hydrogen (secondary N) is 1. The van der Waals surface area contributed by atoms with Crippen molar-refractivity contribution in [1.29, 1.82) is 0 Å². The molecule has 9 heteroatoms. The number of hydrogen-bond acceptors (Lipinski definition) is 7. The summed E-state index contributed by atoms with van der Waals surface area (Å²) < 4.78 is 26.3. The molecule has 5 rings (SSSR count). The molecule has 1 unspecified atom stereocenters. The minimum atomic E-state index is -1.16. The molecule has 2 aliphatic rings. The number of rotatable bonds is 9. The molecule has 2 aliphatic heterocycles. The van der Waals surface area contributed by atoms with Crippen LogP contribution in [-0.4, -0.2) is 51.8 Å². The highest BCUT2D eigenvalue weighted by molar-refractivity contribution is 5.17. The summed E-state index contributed by atoms with van der Waals surface area (Å²) in [6, 6.07) is 19.4. The van der Waals surface area contributed by atoms with Gasteiger partial charge in [0.25, 0.3) is 5.56 Å². The van der Waals surface area contributed by atoms with Crippen molar-refractivity contribution in [2.75, 3.05) is 13.2 Å². The second kappa shape index (κ2) is 9.88. The number of aliphatic hydroxyl groups is 1. The Hall–Kier alpha value is -3.08. The van der Waals surface area contributed by atoms with Crippen molar-refractivity contribution < 1.29 is 24.1 Å². The van der Waals surface area contributed by atoms with E-state index in [1.165, 1.54) is 10.8 Å². The Morgan fingerprint density at radius 3 is 2.34 bits per heavy atom. The second-order valence-electron chi connectivity index (χ2n) is 8.91. The number of nitrogens with zero attached hydrogens (tertiary/aromatic N) is 1. The number of ether oxygens (including phenoxy) is 4. The van der Waals surface area contributed by atoms with Crippen LogP contribution in [0.2, 0.25) is 0 Å². The Kier molecular flexibility index (Phi) is 6.68. The molecule has 0 amide bonds. The van der Waals surface area contributed by atoms with Gasteiger partial charge >= 0.3 is 5.69 Å². The summed E-state index contributed by atoms with van der Waals surface area (Å²) in [5.74, 6) is 0. The van der Waals surface area contributed by atoms with Gasteiger partial charge in [0.2, 0.25) is 0 Å². The molecule has 2 N–H and O–H groups in total. The molecule has 1 aromatic heterocycles. The van der Waals surface area contributed by atoms with E-state index in [1.807, 2.05) is 60.7 Å². The van der Waals surface area contributed by atoms with Crippen LogP contribution in [-0.2, 0) is 32.2 Å². The maximum atomic E-state index is 12.6. The molecular formula is C26H28N2O7. The molecule has 9 nitrogen and oxygen atoms in total. The third-order valence-electron chi connectivity index (χ3n) is 6.57. The Bertz CT molecular complexity index is 1260. The van der Waals surface area contributed by atoms with Crippen LogP contribution in [0.4, 0.5) is 0 Å². The van der Waals surface area contributed by atoms with Crippen LogP contribution in [0, 0.1) is 6.92 Å². The van der Waals surface area contributed by atoms with Gasteiger partial charge in [0, 0.05) is 11.8 Å². The first kappa shape index (κ1) is 23.7. The number of aromatic amines is 1. The fourth-order valence-electron chi connectivity index (χ4n) is 4.78. The molecule has 2 saturated heterocycles. The van der Waals surface area contributed by atoms with Gasteiger partial charge in [-0.15, -0.1) is 0 Å². The zero-order chi connectivity index (χ0) is 24.4. The molecule has 2 bridgehead atoms. The van der Waals surface area contributed by atoms with E-state index in [-0.39, 0.29) is 13.2 Å². The average molecular weight is 481 g/mol. The Labute approximate surface area is 201 Å². The van der Waals surface area contributed by atoms with Crippen molar-refractivity contribution in [2.24, 2.45) is 0 Å². The van der Waals surface area contributed by atoms with Crippen molar-refractivity contribution in [3.63, 3.8) is 0 Å². The van der Waals surface area contributed by atoms with Gasteiger partial charge in [0.1, 0.15) is 18.3 Å². The summed E-state index contributed by atoms with van der Waals surface area (Å²) in [7, 11) is 0. The number of benzene rings is 2. The van der Waals surface area contributed by atoms with Gasteiger partial charge in [0.15, 0.2) is 11.8 Å². The quantitative estimate of drug-likeness (QED) is 0.479. The molecule has 0 saturated carbocycles. The van der Waals surface area contributed by atoms with E-state index in [0.29, 0.717) is 18.8 Å². The number of fused-ring (bicyclic) bond motifs is 2. The predicted octanol–water partition coefficient (Wildman–Crippen LogP) is 1.67. The van der Waals surface area contributed by atoms with Crippen molar-refractivity contribution >= 4 is 0 Å². The molecule has 5 atom stereocenters. The summed E-state index contributed by atoms with van der Waals surface area (Å²) in [5.41, 5.74) is 0.102. The first-order valence-electron chi connectivity index (χ1n) is 11.6. The molecule has 184 valence electrons. The number of hydrogen-bond donors (Lipinski definition) is 2. The van der Waals surface area contributed by atoms with Crippen LogP contribution >= 0.6 is 0 Å².